The molecule has 3 atom stereocenters. The number of benzene rings is 2. The van der Waals surface area contributed by atoms with Crippen LogP contribution in [0.5, 0.6) is 0 Å². The molecule has 4 amide bonds. The number of hydrogen-bond donors (Lipinski definition) is 3. The highest BCUT2D eigenvalue weighted by Crippen LogP contribution is 2.14. The van der Waals surface area contributed by atoms with Crippen LogP contribution in [-0.4, -0.2) is 89.1 Å². The van der Waals surface area contributed by atoms with E-state index in [4.69, 9.17) is 0 Å². The minimum Gasteiger partial charge on any atom is -0.434 e. The third-order valence-electron chi connectivity index (χ3n) is 6.18. The molecule has 11 heteroatoms. The molecule has 1 unspecified atom stereocenters. The van der Waals surface area contributed by atoms with Crippen molar-refractivity contribution in [3.05, 3.63) is 71.8 Å². The number of cyclic esters (lactones) is 1. The van der Waals surface area contributed by atoms with Gasteiger partial charge in [-0.3, -0.25) is 24.0 Å². The van der Waals surface area contributed by atoms with E-state index in [0.717, 1.165) is 0 Å². The van der Waals surface area contributed by atoms with Crippen molar-refractivity contribution in [2.45, 2.75) is 31.2 Å². The number of amides is 4. The Balaban J connectivity index is 1.50. The smallest absolute Gasteiger partial charge is 0.310 e. The Morgan fingerprint density at radius 3 is 2.19 bits per heavy atom. The predicted octanol–water partition coefficient (Wildman–Crippen LogP) is -0.0902. The van der Waals surface area contributed by atoms with Gasteiger partial charge in [-0.15, -0.1) is 0 Å². The van der Waals surface area contributed by atoms with Crippen LogP contribution in [0.15, 0.2) is 60.7 Å². The van der Waals surface area contributed by atoms with Crippen LogP contribution in [0, 0.1) is 0 Å². The lowest BCUT2D eigenvalue weighted by Crippen LogP contribution is -2.58. The Morgan fingerprint density at radius 2 is 1.57 bits per heavy atom. The maximum atomic E-state index is 13.5. The van der Waals surface area contributed by atoms with Crippen molar-refractivity contribution in [3.63, 3.8) is 0 Å². The van der Waals surface area contributed by atoms with Crippen LogP contribution in [0.4, 0.5) is 0 Å². The Labute approximate surface area is 213 Å². The molecular formula is C26H28N4O7. The number of carbonyl (C=O) groups excluding carboxylic acids is 5. The first-order valence-electron chi connectivity index (χ1n) is 12.0. The van der Waals surface area contributed by atoms with Gasteiger partial charge >= 0.3 is 5.97 Å². The van der Waals surface area contributed by atoms with Gasteiger partial charge in [0.25, 0.3) is 11.8 Å². The SMILES string of the molecule is O=C(CN1CCCN(C(=O)c2ccccc2)C[C@H](NC(=O)c2ccccc2)C1=O)N[C@H]1CC(=O)OC1O. The van der Waals surface area contributed by atoms with Crippen LogP contribution in [0.3, 0.4) is 0 Å². The molecule has 2 aliphatic rings. The molecule has 11 nitrogen and oxygen atoms in total. The monoisotopic (exact) mass is 508 g/mol. The number of aliphatic hydroxyl groups excluding tert-OH is 1. The molecule has 0 aromatic heterocycles. The lowest BCUT2D eigenvalue weighted by molar-refractivity contribution is -0.155. The summed E-state index contributed by atoms with van der Waals surface area (Å²) in [6.45, 7) is 0.0409. The number of rotatable bonds is 6. The van der Waals surface area contributed by atoms with Gasteiger partial charge in [0.15, 0.2) is 0 Å². The molecule has 194 valence electrons. The summed E-state index contributed by atoms with van der Waals surface area (Å²) in [7, 11) is 0. The highest BCUT2D eigenvalue weighted by Gasteiger charge is 2.36. The molecular weight excluding hydrogens is 480 g/mol. The minimum atomic E-state index is -1.45. The summed E-state index contributed by atoms with van der Waals surface area (Å²) in [6, 6.07) is 15.0. The highest BCUT2D eigenvalue weighted by atomic mass is 16.6. The van der Waals surface area contributed by atoms with Crippen LogP contribution < -0.4 is 10.6 Å². The van der Waals surface area contributed by atoms with Gasteiger partial charge in [0.05, 0.1) is 19.5 Å². The molecule has 0 radical (unpaired) electrons. The highest BCUT2D eigenvalue weighted by molar-refractivity contribution is 5.99. The second-order valence-electron chi connectivity index (χ2n) is 8.88. The standard InChI is InChI=1S/C26H28N4O7/c31-21(27-19-14-22(32)37-26(19)36)16-30-13-7-12-29(24(34)18-10-5-2-6-11-18)15-20(25(30)35)28-23(33)17-8-3-1-4-9-17/h1-6,8-11,19-20,26,36H,7,12-16H2,(H,27,31)(H,28,33)/t19-,20-,26?/m0/s1. The molecule has 0 bridgehead atoms. The van der Waals surface area contributed by atoms with Gasteiger partial charge in [0, 0.05) is 24.2 Å². The van der Waals surface area contributed by atoms with Gasteiger partial charge in [0.1, 0.15) is 12.1 Å². The molecule has 2 saturated heterocycles. The van der Waals surface area contributed by atoms with Gasteiger partial charge in [0.2, 0.25) is 18.1 Å². The molecule has 0 saturated carbocycles. The number of nitrogens with one attached hydrogen (secondary N) is 2. The fraction of sp³-hybridized carbons (Fsp3) is 0.346. The second-order valence-corrected chi connectivity index (χ2v) is 8.88. The quantitative estimate of drug-likeness (QED) is 0.463. The van der Waals surface area contributed by atoms with Crippen molar-refractivity contribution in [1.82, 2.24) is 20.4 Å². The molecule has 2 aliphatic heterocycles. The topological polar surface area (TPSA) is 145 Å². The number of carbonyl (C=O) groups is 5. The van der Waals surface area contributed by atoms with Gasteiger partial charge in [-0.05, 0) is 30.7 Å². The van der Waals surface area contributed by atoms with Crippen molar-refractivity contribution in [3.8, 4) is 0 Å². The Bertz CT molecular complexity index is 1160. The van der Waals surface area contributed by atoms with Crippen molar-refractivity contribution in [2.75, 3.05) is 26.2 Å². The van der Waals surface area contributed by atoms with E-state index in [1.807, 2.05) is 0 Å². The summed E-state index contributed by atoms with van der Waals surface area (Å²) < 4.78 is 4.63. The maximum absolute atomic E-state index is 13.5. The van der Waals surface area contributed by atoms with Crippen molar-refractivity contribution < 1.29 is 33.8 Å². The zero-order valence-electron chi connectivity index (χ0n) is 20.0. The molecule has 0 aliphatic carbocycles. The normalized spacial score (nSPS) is 22.0. The van der Waals surface area contributed by atoms with Gasteiger partial charge in [-0.2, -0.15) is 0 Å². The fourth-order valence-corrected chi connectivity index (χ4v) is 4.31. The van der Waals surface area contributed by atoms with Crippen LogP contribution >= 0.6 is 0 Å². The Hall–Kier alpha value is -4.25. The average Bonchev–Trinajstić information content (AvgIpc) is 3.21. The van der Waals surface area contributed by atoms with E-state index in [0.29, 0.717) is 24.1 Å². The van der Waals surface area contributed by atoms with E-state index in [1.165, 1.54) is 9.80 Å². The minimum absolute atomic E-state index is 0.0765. The third-order valence-corrected chi connectivity index (χ3v) is 6.18. The van der Waals surface area contributed by atoms with Gasteiger partial charge in [-0.25, -0.2) is 0 Å². The van der Waals surface area contributed by atoms with E-state index in [-0.39, 0.29) is 32.0 Å². The predicted molar refractivity (Wildman–Crippen MR) is 130 cm³/mol. The number of aliphatic hydroxyl groups is 1. The first kappa shape index (κ1) is 25.8. The lowest BCUT2D eigenvalue weighted by Gasteiger charge is -2.35. The van der Waals surface area contributed by atoms with Crippen LogP contribution in [0.2, 0.25) is 0 Å². The van der Waals surface area contributed by atoms with Gasteiger partial charge in [-0.1, -0.05) is 36.4 Å². The Kier molecular flexibility index (Phi) is 8.14. The van der Waals surface area contributed by atoms with E-state index >= 15 is 0 Å². The first-order valence-corrected chi connectivity index (χ1v) is 12.0. The van der Waals surface area contributed by atoms with E-state index in [2.05, 4.69) is 15.4 Å². The summed E-state index contributed by atoms with van der Waals surface area (Å²) in [4.78, 5) is 66.4. The summed E-state index contributed by atoms with van der Waals surface area (Å²) in [6.07, 6.45) is -1.22. The van der Waals surface area contributed by atoms with Crippen LogP contribution in [-0.2, 0) is 19.1 Å². The summed E-state index contributed by atoms with van der Waals surface area (Å²) in [5.41, 5.74) is 0.814. The molecule has 37 heavy (non-hydrogen) atoms. The van der Waals surface area contributed by atoms with Crippen molar-refractivity contribution in [1.29, 1.82) is 0 Å². The molecule has 2 aromatic carbocycles. The average molecular weight is 509 g/mol. The molecule has 2 fully saturated rings. The summed E-state index contributed by atoms with van der Waals surface area (Å²) >= 11 is 0. The molecule has 3 N–H and O–H groups in total. The largest absolute Gasteiger partial charge is 0.434 e. The van der Waals surface area contributed by atoms with E-state index in [9.17, 15) is 29.1 Å². The zero-order chi connectivity index (χ0) is 26.4. The fourth-order valence-electron chi connectivity index (χ4n) is 4.31. The molecule has 4 rings (SSSR count). The Morgan fingerprint density at radius 1 is 0.919 bits per heavy atom. The summed E-state index contributed by atoms with van der Waals surface area (Å²) in [5, 5.41) is 15.0. The molecule has 2 heterocycles. The molecule has 0 spiro atoms. The number of esters is 1. The summed E-state index contributed by atoms with van der Waals surface area (Å²) in [5.74, 6) is -2.49. The van der Waals surface area contributed by atoms with E-state index < -0.39 is 42.1 Å². The number of nitrogens with zero attached hydrogens (tertiary/aromatic N) is 2. The first-order chi connectivity index (χ1) is 17.8. The second kappa shape index (κ2) is 11.7. The number of ether oxygens (including phenoxy) is 1. The van der Waals surface area contributed by atoms with Crippen molar-refractivity contribution in [2.24, 2.45) is 0 Å². The number of hydrogen-bond acceptors (Lipinski definition) is 7. The van der Waals surface area contributed by atoms with Crippen LogP contribution in [0.1, 0.15) is 33.6 Å². The molecule has 2 aromatic rings. The van der Waals surface area contributed by atoms with Crippen LogP contribution in [0.25, 0.3) is 0 Å². The van der Waals surface area contributed by atoms with Crippen molar-refractivity contribution >= 4 is 29.6 Å². The lowest BCUT2D eigenvalue weighted by atomic mass is 10.1. The van der Waals surface area contributed by atoms with E-state index in [1.54, 1.807) is 60.7 Å². The third kappa shape index (κ3) is 6.50. The van der Waals surface area contributed by atoms with Gasteiger partial charge < -0.3 is 30.3 Å². The maximum Gasteiger partial charge on any atom is 0.310 e. The zero-order valence-corrected chi connectivity index (χ0v) is 20.0.